The van der Waals surface area contributed by atoms with Crippen molar-refractivity contribution in [1.29, 1.82) is 0 Å². The van der Waals surface area contributed by atoms with E-state index in [4.69, 9.17) is 14.2 Å². The number of rotatable bonds is 9. The summed E-state index contributed by atoms with van der Waals surface area (Å²) in [5, 5.41) is 13.6. The lowest BCUT2D eigenvalue weighted by Gasteiger charge is -2.53. The molecule has 246 valence electrons. The summed E-state index contributed by atoms with van der Waals surface area (Å²) in [5.74, 6) is -1.02. The van der Waals surface area contributed by atoms with Crippen LogP contribution in [0, 0.1) is 10.1 Å². The average molecular weight is 648 g/mol. The smallest absolute Gasteiger partial charge is 0.327 e. The average Bonchev–Trinajstić information content (AvgIpc) is 3.41. The molecule has 48 heavy (non-hydrogen) atoms. The zero-order valence-corrected chi connectivity index (χ0v) is 27.0. The molecule has 3 aliphatic heterocycles. The Morgan fingerprint density at radius 2 is 1.44 bits per heavy atom. The van der Waals surface area contributed by atoms with Crippen molar-refractivity contribution in [2.24, 2.45) is 0 Å². The molecule has 3 heterocycles. The van der Waals surface area contributed by atoms with E-state index in [1.165, 1.54) is 0 Å². The number of β-lactam (4-membered cyclic amide) rings is 1. The first-order chi connectivity index (χ1) is 23.3. The molecule has 6 atom stereocenters. The van der Waals surface area contributed by atoms with Gasteiger partial charge in [0.05, 0.1) is 38.7 Å². The van der Waals surface area contributed by atoms with Gasteiger partial charge in [-0.2, -0.15) is 0 Å². The van der Waals surface area contributed by atoms with Crippen molar-refractivity contribution in [3.05, 3.63) is 135 Å². The predicted octanol–water partition coefficient (Wildman–Crippen LogP) is 5.37. The third-order valence-corrected chi connectivity index (χ3v) is 10.3. The third kappa shape index (κ3) is 4.81. The molecule has 2 saturated heterocycles. The van der Waals surface area contributed by atoms with Gasteiger partial charge >= 0.3 is 5.97 Å². The number of benzene rings is 4. The predicted molar refractivity (Wildman–Crippen MR) is 179 cm³/mol. The minimum absolute atomic E-state index is 0.117. The molecular formula is C38H37N3O7. The molecule has 1 amide bonds. The highest BCUT2D eigenvalue weighted by molar-refractivity contribution is 6.07. The van der Waals surface area contributed by atoms with Gasteiger partial charge in [0.25, 0.3) is 0 Å². The van der Waals surface area contributed by atoms with Crippen LogP contribution in [0.2, 0.25) is 0 Å². The van der Waals surface area contributed by atoms with E-state index < -0.39 is 41.5 Å². The topological polar surface area (TPSA) is 111 Å². The first kappa shape index (κ1) is 31.4. The van der Waals surface area contributed by atoms with Crippen LogP contribution in [0.3, 0.4) is 0 Å². The van der Waals surface area contributed by atoms with Gasteiger partial charge in [0, 0.05) is 23.6 Å². The Balaban J connectivity index is 1.48. The van der Waals surface area contributed by atoms with Gasteiger partial charge in [-0.15, -0.1) is 0 Å². The van der Waals surface area contributed by atoms with Crippen LogP contribution in [0.4, 0.5) is 5.69 Å². The fraction of sp³-hybridized carbons (Fsp3) is 0.316. The van der Waals surface area contributed by atoms with Crippen LogP contribution in [0.25, 0.3) is 0 Å². The molecule has 10 heteroatoms. The number of amides is 1. The molecule has 0 bridgehead atoms. The van der Waals surface area contributed by atoms with Gasteiger partial charge in [-0.25, -0.2) is 4.79 Å². The van der Waals surface area contributed by atoms with E-state index in [1.54, 1.807) is 62.4 Å². The number of anilines is 1. The zero-order valence-electron chi connectivity index (χ0n) is 27.0. The third-order valence-electron chi connectivity index (χ3n) is 10.3. The molecule has 10 nitrogen and oxygen atoms in total. The number of methoxy groups -OCH3 is 2. The molecule has 7 rings (SSSR count). The van der Waals surface area contributed by atoms with E-state index in [9.17, 15) is 19.7 Å². The Hall–Kier alpha value is -5.22. The molecule has 0 N–H and O–H groups in total. The number of nitro groups is 1. The molecule has 0 radical (unpaired) electrons. The second kappa shape index (κ2) is 12.4. The highest BCUT2D eigenvalue weighted by Crippen LogP contribution is 2.57. The van der Waals surface area contributed by atoms with Crippen molar-refractivity contribution >= 4 is 17.6 Å². The normalized spacial score (nSPS) is 26.2. The lowest BCUT2D eigenvalue weighted by Crippen LogP contribution is -2.71. The quantitative estimate of drug-likeness (QED) is 0.103. The van der Waals surface area contributed by atoms with Gasteiger partial charge in [0.15, 0.2) is 0 Å². The lowest BCUT2D eigenvalue weighted by atomic mass is 9.71. The van der Waals surface area contributed by atoms with Gasteiger partial charge in [0.1, 0.15) is 23.1 Å². The molecule has 0 unspecified atom stereocenters. The minimum atomic E-state index is -1.42. The largest absolute Gasteiger partial charge is 0.497 e. The molecular weight excluding hydrogens is 610 g/mol. The van der Waals surface area contributed by atoms with Crippen LogP contribution in [0.5, 0.6) is 11.5 Å². The monoisotopic (exact) mass is 647 g/mol. The number of esters is 1. The highest BCUT2D eigenvalue weighted by Gasteiger charge is 2.74. The Kier molecular flexibility index (Phi) is 8.12. The van der Waals surface area contributed by atoms with Crippen molar-refractivity contribution in [2.75, 3.05) is 25.7 Å². The van der Waals surface area contributed by atoms with Gasteiger partial charge in [-0.05, 0) is 65.6 Å². The molecule has 4 aromatic carbocycles. The Bertz CT molecular complexity index is 1830. The van der Waals surface area contributed by atoms with Crippen molar-refractivity contribution in [2.45, 2.75) is 55.4 Å². The maximum Gasteiger partial charge on any atom is 0.327 e. The van der Waals surface area contributed by atoms with Gasteiger partial charge < -0.3 is 19.1 Å². The van der Waals surface area contributed by atoms with E-state index in [0.29, 0.717) is 22.7 Å². The second-order valence-corrected chi connectivity index (χ2v) is 12.5. The van der Waals surface area contributed by atoms with Crippen LogP contribution in [0.15, 0.2) is 103 Å². The summed E-state index contributed by atoms with van der Waals surface area (Å²) in [5.41, 5.74) is 2.51. The fourth-order valence-electron chi connectivity index (χ4n) is 8.32. The molecule has 3 aliphatic rings. The molecule has 0 spiro atoms. The van der Waals surface area contributed by atoms with E-state index in [2.05, 4.69) is 0 Å². The Morgan fingerprint density at radius 1 is 0.833 bits per heavy atom. The number of hydrogen-bond donors (Lipinski definition) is 0. The van der Waals surface area contributed by atoms with E-state index in [1.807, 2.05) is 71.6 Å². The van der Waals surface area contributed by atoms with Crippen LogP contribution in [-0.4, -0.2) is 66.2 Å². The lowest BCUT2D eigenvalue weighted by molar-refractivity contribution is -0.529. The molecule has 0 saturated carbocycles. The summed E-state index contributed by atoms with van der Waals surface area (Å²) in [7, 11) is 3.13. The fourth-order valence-corrected chi connectivity index (χ4v) is 8.32. The van der Waals surface area contributed by atoms with Crippen LogP contribution in [-0.2, 0) is 27.3 Å². The number of hydrogen-bond acceptors (Lipinski definition) is 8. The van der Waals surface area contributed by atoms with Crippen molar-refractivity contribution in [3.63, 3.8) is 0 Å². The van der Waals surface area contributed by atoms with Crippen molar-refractivity contribution in [3.8, 4) is 11.5 Å². The standard InChI is InChI=1S/C38H37N3O7/c1-4-48-37(43)38-22-26-12-8-9-13-27(26)23-39(38)35(34(41(44)45)32(38)25-14-18-29(46-2)19-15-25)33-31(24-10-6-5-7-11-24)36(42)40(33)28-16-20-30(47-3)21-17-28/h5-21,31-35H,4,22-23H2,1-3H3/t31-,32+,33-,34+,35+,38+/m0/s1. The summed E-state index contributed by atoms with van der Waals surface area (Å²) in [6.45, 7) is 2.14. The number of carbonyl (C=O) groups is 2. The Morgan fingerprint density at radius 3 is 2.04 bits per heavy atom. The Labute approximate surface area is 279 Å². The number of ether oxygens (including phenoxy) is 3. The number of nitrogens with zero attached hydrogens (tertiary/aromatic N) is 3. The van der Waals surface area contributed by atoms with Gasteiger partial charge in [-0.1, -0.05) is 66.7 Å². The first-order valence-corrected chi connectivity index (χ1v) is 16.1. The minimum Gasteiger partial charge on any atom is -0.497 e. The van der Waals surface area contributed by atoms with Crippen LogP contribution in [0.1, 0.15) is 41.0 Å². The second-order valence-electron chi connectivity index (χ2n) is 12.5. The van der Waals surface area contributed by atoms with Gasteiger partial charge in [-0.3, -0.25) is 19.8 Å². The highest BCUT2D eigenvalue weighted by atomic mass is 16.6. The SMILES string of the molecule is CCOC(=O)[C@]12Cc3ccccc3CN1[C@H]([C@@H]1[C@H](c3ccccc3)C(=O)N1c1ccc(OC)cc1)[C@H]([N+](=O)[O-])[C@H]2c1ccc(OC)cc1. The maximum absolute atomic E-state index is 14.6. The zero-order chi connectivity index (χ0) is 33.6. The maximum atomic E-state index is 14.6. The van der Waals surface area contributed by atoms with Crippen LogP contribution >= 0.6 is 0 Å². The van der Waals surface area contributed by atoms with Crippen LogP contribution < -0.4 is 14.4 Å². The molecule has 2 fully saturated rings. The molecule has 0 aromatic heterocycles. The van der Waals surface area contributed by atoms with E-state index in [-0.39, 0.29) is 30.4 Å². The van der Waals surface area contributed by atoms with Crippen molar-refractivity contribution in [1.82, 2.24) is 4.90 Å². The van der Waals surface area contributed by atoms with E-state index in [0.717, 1.165) is 16.7 Å². The van der Waals surface area contributed by atoms with Crippen molar-refractivity contribution < 1.29 is 28.7 Å². The number of carbonyl (C=O) groups excluding carboxylic acids is 2. The van der Waals surface area contributed by atoms with Gasteiger partial charge in [0.2, 0.25) is 11.9 Å². The summed E-state index contributed by atoms with van der Waals surface area (Å²) in [6, 6.07) is 28.7. The molecule has 4 aromatic rings. The van der Waals surface area contributed by atoms with E-state index >= 15 is 0 Å². The summed E-state index contributed by atoms with van der Waals surface area (Å²) >= 11 is 0. The molecule has 0 aliphatic carbocycles. The summed E-state index contributed by atoms with van der Waals surface area (Å²) in [6.07, 6.45) is 0.221. The number of fused-ring (bicyclic) bond motifs is 2. The summed E-state index contributed by atoms with van der Waals surface area (Å²) < 4.78 is 16.7. The summed E-state index contributed by atoms with van der Waals surface area (Å²) in [4.78, 5) is 45.9. The first-order valence-electron chi connectivity index (χ1n) is 16.1.